The van der Waals surface area contributed by atoms with Crippen LogP contribution in [0.5, 0.6) is 5.75 Å². The largest absolute Gasteiger partial charge is 0.496 e. The Hall–Kier alpha value is -2.04. The van der Waals surface area contributed by atoms with Gasteiger partial charge in [-0.05, 0) is 48.6 Å². The molecule has 5 heteroatoms. The molecule has 136 valence electrons. The van der Waals surface area contributed by atoms with E-state index in [0.29, 0.717) is 18.9 Å². The molecule has 1 saturated heterocycles. The van der Waals surface area contributed by atoms with Gasteiger partial charge in [0.2, 0.25) is 5.91 Å². The highest BCUT2D eigenvalue weighted by atomic mass is 16.5. The molecule has 0 spiro atoms. The van der Waals surface area contributed by atoms with Crippen LogP contribution in [0.15, 0.2) is 24.3 Å². The van der Waals surface area contributed by atoms with Crippen LogP contribution in [0.25, 0.3) is 0 Å². The topological polar surface area (TPSA) is 66.8 Å². The van der Waals surface area contributed by atoms with Crippen LogP contribution in [-0.2, 0) is 16.0 Å². The van der Waals surface area contributed by atoms with Crippen molar-refractivity contribution in [2.45, 2.75) is 45.1 Å². The first-order valence-corrected chi connectivity index (χ1v) is 9.15. The quantitative estimate of drug-likeness (QED) is 0.861. The molecule has 0 bridgehead atoms. The summed E-state index contributed by atoms with van der Waals surface area (Å²) in [6, 6.07) is 7.21. The Bertz CT molecular complexity index is 644. The van der Waals surface area contributed by atoms with Gasteiger partial charge in [-0.25, -0.2) is 4.79 Å². The number of fused-ring (bicyclic) bond motifs is 1. The maximum absolute atomic E-state index is 12.8. The fourth-order valence-electron chi connectivity index (χ4n) is 4.61. The Morgan fingerprint density at radius 1 is 1.32 bits per heavy atom. The molecule has 1 aromatic rings. The number of para-hydroxylation sites is 1. The van der Waals surface area contributed by atoms with Crippen molar-refractivity contribution in [3.05, 3.63) is 29.8 Å². The van der Waals surface area contributed by atoms with E-state index < -0.39 is 12.0 Å². The predicted octanol–water partition coefficient (Wildman–Crippen LogP) is 2.98. The minimum Gasteiger partial charge on any atom is -0.496 e. The molecular formula is C20H27NO4. The number of aliphatic carboxylic acids is 1. The highest BCUT2D eigenvalue weighted by Gasteiger charge is 2.49. The van der Waals surface area contributed by atoms with Crippen LogP contribution < -0.4 is 4.74 Å². The van der Waals surface area contributed by atoms with Crippen molar-refractivity contribution in [1.29, 1.82) is 0 Å². The van der Waals surface area contributed by atoms with Gasteiger partial charge >= 0.3 is 5.97 Å². The maximum atomic E-state index is 12.8. The second-order valence-electron chi connectivity index (χ2n) is 7.51. The van der Waals surface area contributed by atoms with Gasteiger partial charge in [-0.2, -0.15) is 0 Å². The van der Waals surface area contributed by atoms with E-state index in [4.69, 9.17) is 4.74 Å². The molecule has 0 radical (unpaired) electrons. The molecule has 1 heterocycles. The number of likely N-dealkylation sites (tertiary alicyclic amines) is 1. The fraction of sp³-hybridized carbons (Fsp3) is 0.600. The first-order chi connectivity index (χ1) is 12.0. The number of methoxy groups -OCH3 is 1. The first kappa shape index (κ1) is 17.8. The van der Waals surface area contributed by atoms with Gasteiger partial charge in [0, 0.05) is 13.0 Å². The lowest BCUT2D eigenvalue weighted by molar-refractivity contribution is -0.150. The summed E-state index contributed by atoms with van der Waals surface area (Å²) in [4.78, 5) is 26.1. The van der Waals surface area contributed by atoms with E-state index in [2.05, 4.69) is 0 Å². The van der Waals surface area contributed by atoms with Gasteiger partial charge in [-0.3, -0.25) is 4.79 Å². The van der Waals surface area contributed by atoms with Crippen molar-refractivity contribution >= 4 is 11.9 Å². The highest BCUT2D eigenvalue weighted by molar-refractivity contribution is 5.85. The Labute approximate surface area is 149 Å². The predicted molar refractivity (Wildman–Crippen MR) is 94.4 cm³/mol. The number of carbonyl (C=O) groups excluding carboxylic acids is 1. The number of carboxylic acid groups (broad SMARTS) is 1. The maximum Gasteiger partial charge on any atom is 0.326 e. The monoisotopic (exact) mass is 345 g/mol. The van der Waals surface area contributed by atoms with Crippen LogP contribution >= 0.6 is 0 Å². The molecule has 1 saturated carbocycles. The summed E-state index contributed by atoms with van der Waals surface area (Å²) in [5, 5.41) is 9.61. The molecular weight excluding hydrogens is 318 g/mol. The Morgan fingerprint density at radius 3 is 2.80 bits per heavy atom. The number of carboxylic acids is 1. The van der Waals surface area contributed by atoms with Crippen LogP contribution in [0.3, 0.4) is 0 Å². The number of benzene rings is 1. The molecule has 25 heavy (non-hydrogen) atoms. The average molecular weight is 345 g/mol. The third-order valence-electron chi connectivity index (χ3n) is 5.75. The standard InChI is InChI=1S/C20H27NO4/c1-13(10-14-6-3-4-9-17(14)25-2)11-18(22)21-12-15-7-5-8-16(15)19(21)20(23)24/h3-4,6,9,13,15-16,19H,5,7-8,10-12H2,1-2H3,(H,23,24). The van der Waals surface area contributed by atoms with Crippen molar-refractivity contribution in [3.63, 3.8) is 0 Å². The van der Waals surface area contributed by atoms with Crippen molar-refractivity contribution < 1.29 is 19.4 Å². The molecule has 2 aliphatic rings. The van der Waals surface area contributed by atoms with Gasteiger partial charge in [0.05, 0.1) is 7.11 Å². The van der Waals surface area contributed by atoms with Crippen LogP contribution in [0.1, 0.15) is 38.2 Å². The van der Waals surface area contributed by atoms with E-state index in [-0.39, 0.29) is 17.7 Å². The van der Waals surface area contributed by atoms with E-state index in [0.717, 1.165) is 37.0 Å². The van der Waals surface area contributed by atoms with Gasteiger partial charge in [0.1, 0.15) is 11.8 Å². The van der Waals surface area contributed by atoms with Gasteiger partial charge in [-0.15, -0.1) is 0 Å². The number of amides is 1. The lowest BCUT2D eigenvalue weighted by atomic mass is 9.94. The van der Waals surface area contributed by atoms with Crippen LogP contribution in [0, 0.1) is 17.8 Å². The summed E-state index contributed by atoms with van der Waals surface area (Å²) >= 11 is 0. The van der Waals surface area contributed by atoms with Gasteiger partial charge in [0.15, 0.2) is 0 Å². The van der Waals surface area contributed by atoms with Crippen LogP contribution in [0.4, 0.5) is 0 Å². The average Bonchev–Trinajstić information content (AvgIpc) is 3.15. The smallest absolute Gasteiger partial charge is 0.326 e. The molecule has 1 aliphatic heterocycles. The zero-order valence-corrected chi connectivity index (χ0v) is 15.0. The van der Waals surface area contributed by atoms with Gasteiger partial charge in [0.25, 0.3) is 0 Å². The van der Waals surface area contributed by atoms with E-state index in [9.17, 15) is 14.7 Å². The van der Waals surface area contributed by atoms with E-state index in [1.165, 1.54) is 0 Å². The molecule has 1 amide bonds. The molecule has 2 fully saturated rings. The van der Waals surface area contributed by atoms with Crippen molar-refractivity contribution in [2.24, 2.45) is 17.8 Å². The number of rotatable bonds is 6. The molecule has 3 rings (SSSR count). The Morgan fingerprint density at radius 2 is 2.08 bits per heavy atom. The van der Waals surface area contributed by atoms with Crippen molar-refractivity contribution in [1.82, 2.24) is 4.90 Å². The summed E-state index contributed by atoms with van der Waals surface area (Å²) in [6.45, 7) is 2.65. The van der Waals surface area contributed by atoms with E-state index in [1.807, 2.05) is 31.2 Å². The zero-order valence-electron chi connectivity index (χ0n) is 15.0. The highest BCUT2D eigenvalue weighted by Crippen LogP contribution is 2.42. The molecule has 0 aromatic heterocycles. The Kier molecular flexibility index (Phi) is 5.30. The summed E-state index contributed by atoms with van der Waals surface area (Å²) < 4.78 is 5.38. The van der Waals surface area contributed by atoms with Crippen LogP contribution in [-0.4, -0.2) is 41.6 Å². The lowest BCUT2D eigenvalue weighted by Gasteiger charge is -2.26. The third kappa shape index (κ3) is 3.65. The zero-order chi connectivity index (χ0) is 18.0. The fourth-order valence-corrected chi connectivity index (χ4v) is 4.61. The van der Waals surface area contributed by atoms with E-state index in [1.54, 1.807) is 12.0 Å². The molecule has 4 atom stereocenters. The molecule has 4 unspecified atom stereocenters. The van der Waals surface area contributed by atoms with Crippen molar-refractivity contribution in [3.8, 4) is 5.75 Å². The minimum atomic E-state index is -0.847. The molecule has 1 aliphatic carbocycles. The second kappa shape index (κ2) is 7.46. The van der Waals surface area contributed by atoms with Gasteiger partial charge < -0.3 is 14.7 Å². The van der Waals surface area contributed by atoms with E-state index >= 15 is 0 Å². The summed E-state index contributed by atoms with van der Waals surface area (Å²) in [7, 11) is 1.65. The minimum absolute atomic E-state index is 0.0239. The SMILES string of the molecule is COc1ccccc1CC(C)CC(=O)N1CC2CCCC2C1C(=O)O. The normalized spacial score (nSPS) is 26.3. The summed E-state index contributed by atoms with van der Waals surface area (Å²) in [5.41, 5.74) is 1.08. The first-order valence-electron chi connectivity index (χ1n) is 9.15. The van der Waals surface area contributed by atoms with Crippen LogP contribution in [0.2, 0.25) is 0 Å². The Balaban J connectivity index is 1.64. The number of carbonyl (C=O) groups is 2. The number of hydrogen-bond acceptors (Lipinski definition) is 3. The molecule has 1 N–H and O–H groups in total. The third-order valence-corrected chi connectivity index (χ3v) is 5.75. The molecule has 5 nitrogen and oxygen atoms in total. The molecule has 1 aromatic carbocycles. The lowest BCUT2D eigenvalue weighted by Crippen LogP contribution is -2.43. The van der Waals surface area contributed by atoms with Crippen molar-refractivity contribution in [2.75, 3.05) is 13.7 Å². The number of hydrogen-bond donors (Lipinski definition) is 1. The number of ether oxygens (including phenoxy) is 1. The summed E-state index contributed by atoms with van der Waals surface area (Å²) in [5.74, 6) is 0.615. The van der Waals surface area contributed by atoms with Gasteiger partial charge in [-0.1, -0.05) is 31.5 Å². The summed E-state index contributed by atoms with van der Waals surface area (Å²) in [6.07, 6.45) is 4.19. The second-order valence-corrected chi connectivity index (χ2v) is 7.51. The number of nitrogens with zero attached hydrogens (tertiary/aromatic N) is 1.